The molecule has 1 heterocycles. The number of hydrogen-bond donors (Lipinski definition) is 3. The van der Waals surface area contributed by atoms with E-state index in [0.29, 0.717) is 6.61 Å². The van der Waals surface area contributed by atoms with E-state index in [2.05, 4.69) is 27.4 Å². The number of hydrogen-bond acceptors (Lipinski definition) is 8. The van der Waals surface area contributed by atoms with Crippen LogP contribution < -0.4 is 16.9 Å². The second-order valence-electron chi connectivity index (χ2n) is 3.00. The Balaban J connectivity index is 2.21. The average molecular weight is 228 g/mol. The third-order valence-corrected chi connectivity index (χ3v) is 1.62. The van der Waals surface area contributed by atoms with Gasteiger partial charge in [0.15, 0.2) is 6.79 Å². The molecular formula is C8H16N6O2. The normalized spacial score (nSPS) is 10.3. The Hall–Kier alpha value is -1.67. The molecule has 0 fully saturated rings. The molecule has 0 aliphatic rings. The van der Waals surface area contributed by atoms with Crippen LogP contribution in [-0.4, -0.2) is 28.4 Å². The lowest BCUT2D eigenvalue weighted by atomic mass is 10.4. The van der Waals surface area contributed by atoms with Crippen molar-refractivity contribution >= 4 is 17.8 Å². The van der Waals surface area contributed by atoms with Crippen molar-refractivity contribution in [2.45, 2.75) is 19.8 Å². The molecule has 0 radical (unpaired) electrons. The topological polar surface area (TPSA) is 121 Å². The van der Waals surface area contributed by atoms with Gasteiger partial charge in [-0.05, 0) is 6.42 Å². The highest BCUT2D eigenvalue weighted by atomic mass is 16.8. The van der Waals surface area contributed by atoms with E-state index in [9.17, 15) is 0 Å². The van der Waals surface area contributed by atoms with Gasteiger partial charge in [-0.2, -0.15) is 15.0 Å². The second-order valence-corrected chi connectivity index (χ2v) is 3.00. The monoisotopic (exact) mass is 228 g/mol. The van der Waals surface area contributed by atoms with E-state index in [1.165, 1.54) is 0 Å². The highest BCUT2D eigenvalue weighted by molar-refractivity contribution is 5.35. The van der Waals surface area contributed by atoms with Gasteiger partial charge in [0.2, 0.25) is 11.9 Å². The summed E-state index contributed by atoms with van der Waals surface area (Å²) in [4.78, 5) is 16.1. The lowest BCUT2D eigenvalue weighted by Gasteiger charge is -2.06. The number of aromatic nitrogens is 3. The predicted molar refractivity (Wildman–Crippen MR) is 59.1 cm³/mol. The maximum Gasteiger partial charge on any atom is 0.253 e. The largest absolute Gasteiger partial charge is 0.368 e. The summed E-state index contributed by atoms with van der Waals surface area (Å²) in [7, 11) is 0. The first kappa shape index (κ1) is 12.4. The smallest absolute Gasteiger partial charge is 0.253 e. The number of rotatable bonds is 7. The number of nitrogens with zero attached hydrogens (tertiary/aromatic N) is 3. The van der Waals surface area contributed by atoms with Crippen molar-refractivity contribution in [3.05, 3.63) is 0 Å². The first-order valence-electron chi connectivity index (χ1n) is 4.95. The number of nitrogens with one attached hydrogen (secondary N) is 1. The van der Waals surface area contributed by atoms with Gasteiger partial charge in [0, 0.05) is 6.61 Å². The van der Waals surface area contributed by atoms with Crippen LogP contribution in [0.3, 0.4) is 0 Å². The molecule has 0 saturated heterocycles. The predicted octanol–water partition coefficient (Wildman–Crippen LogP) is 0.154. The van der Waals surface area contributed by atoms with Gasteiger partial charge in [-0.25, -0.2) is 10.3 Å². The zero-order valence-electron chi connectivity index (χ0n) is 9.14. The molecule has 0 atom stereocenters. The van der Waals surface area contributed by atoms with Crippen LogP contribution >= 0.6 is 0 Å². The third kappa shape index (κ3) is 4.71. The van der Waals surface area contributed by atoms with Crippen molar-refractivity contribution in [2.24, 2.45) is 0 Å². The Morgan fingerprint density at radius 2 is 1.88 bits per heavy atom. The lowest BCUT2D eigenvalue weighted by molar-refractivity contribution is -0.0329. The van der Waals surface area contributed by atoms with Crippen molar-refractivity contribution in [3.63, 3.8) is 0 Å². The molecule has 8 nitrogen and oxygen atoms in total. The van der Waals surface area contributed by atoms with Crippen LogP contribution in [0.25, 0.3) is 0 Å². The minimum atomic E-state index is 0.0329. The fourth-order valence-corrected chi connectivity index (χ4v) is 0.896. The molecule has 0 unspecified atom stereocenters. The molecule has 1 rings (SSSR count). The van der Waals surface area contributed by atoms with Gasteiger partial charge in [0.25, 0.3) is 5.95 Å². The van der Waals surface area contributed by atoms with Gasteiger partial charge < -0.3 is 16.2 Å². The number of ether oxygens (including phenoxy) is 1. The van der Waals surface area contributed by atoms with Crippen molar-refractivity contribution < 1.29 is 9.57 Å². The summed E-state index contributed by atoms with van der Waals surface area (Å²) in [6.45, 7) is 2.84. The molecule has 16 heavy (non-hydrogen) atoms. The molecule has 90 valence electrons. The molecular weight excluding hydrogens is 212 g/mol. The molecule has 0 aromatic carbocycles. The summed E-state index contributed by atoms with van der Waals surface area (Å²) in [5, 5.41) is 0. The molecule has 0 aliphatic carbocycles. The summed E-state index contributed by atoms with van der Waals surface area (Å²) in [5.74, 6) is 0.222. The first-order valence-corrected chi connectivity index (χ1v) is 4.95. The Morgan fingerprint density at radius 3 is 2.50 bits per heavy atom. The van der Waals surface area contributed by atoms with Crippen LogP contribution in [0.15, 0.2) is 0 Å². The molecule has 8 heteroatoms. The standard InChI is InChI=1S/C8H16N6O2/c1-2-3-4-15-5-16-14-8-12-6(9)11-7(10)13-8/h2-5H2,1H3,(H5,9,10,11,12,13,14). The molecule has 0 saturated carbocycles. The minimum Gasteiger partial charge on any atom is -0.368 e. The fourth-order valence-electron chi connectivity index (χ4n) is 0.896. The Labute approximate surface area is 93.3 Å². The number of nitrogens with two attached hydrogens (primary N) is 2. The summed E-state index contributed by atoms with van der Waals surface area (Å²) < 4.78 is 5.14. The zero-order chi connectivity index (χ0) is 11.8. The summed E-state index contributed by atoms with van der Waals surface area (Å²) in [5.41, 5.74) is 13.2. The van der Waals surface area contributed by atoms with E-state index in [0.717, 1.165) is 12.8 Å². The van der Waals surface area contributed by atoms with E-state index < -0.39 is 0 Å². The average Bonchev–Trinajstić information content (AvgIpc) is 2.22. The van der Waals surface area contributed by atoms with Gasteiger partial charge in [-0.15, -0.1) is 0 Å². The Kier molecular flexibility index (Phi) is 5.23. The van der Waals surface area contributed by atoms with Crippen molar-refractivity contribution in [3.8, 4) is 0 Å². The first-order chi connectivity index (χ1) is 7.72. The lowest BCUT2D eigenvalue weighted by Crippen LogP contribution is -2.12. The molecule has 0 aliphatic heterocycles. The maximum atomic E-state index is 5.36. The van der Waals surface area contributed by atoms with Gasteiger partial charge in [0.05, 0.1) is 0 Å². The van der Waals surface area contributed by atoms with E-state index in [1.807, 2.05) is 0 Å². The van der Waals surface area contributed by atoms with Gasteiger partial charge >= 0.3 is 0 Å². The third-order valence-electron chi connectivity index (χ3n) is 1.62. The van der Waals surface area contributed by atoms with Crippen LogP contribution in [0, 0.1) is 0 Å². The Morgan fingerprint density at radius 1 is 1.19 bits per heavy atom. The van der Waals surface area contributed by atoms with Crippen LogP contribution in [0.4, 0.5) is 17.8 Å². The van der Waals surface area contributed by atoms with Crippen LogP contribution in [0.5, 0.6) is 0 Å². The van der Waals surface area contributed by atoms with E-state index in [4.69, 9.17) is 21.0 Å². The SMILES string of the molecule is CCCCOCONc1nc(N)nc(N)n1. The summed E-state index contributed by atoms with van der Waals surface area (Å²) >= 11 is 0. The molecule has 0 spiro atoms. The molecule has 0 amide bonds. The summed E-state index contributed by atoms with van der Waals surface area (Å²) in [6.07, 6.45) is 2.07. The van der Waals surface area contributed by atoms with Gasteiger partial charge in [0.1, 0.15) is 0 Å². The second kappa shape index (κ2) is 6.75. The van der Waals surface area contributed by atoms with Crippen molar-refractivity contribution in [2.75, 3.05) is 30.3 Å². The summed E-state index contributed by atoms with van der Waals surface area (Å²) in [6, 6.07) is 0. The molecule has 0 bridgehead atoms. The van der Waals surface area contributed by atoms with Crippen LogP contribution in [0.1, 0.15) is 19.8 Å². The Bertz CT molecular complexity index is 301. The van der Waals surface area contributed by atoms with Crippen molar-refractivity contribution in [1.29, 1.82) is 0 Å². The van der Waals surface area contributed by atoms with E-state index >= 15 is 0 Å². The number of unbranched alkanes of at least 4 members (excludes halogenated alkanes) is 1. The number of anilines is 3. The maximum absolute atomic E-state index is 5.36. The molecule has 1 aromatic heterocycles. The van der Waals surface area contributed by atoms with E-state index in [-0.39, 0.29) is 24.6 Å². The quantitative estimate of drug-likeness (QED) is 0.342. The van der Waals surface area contributed by atoms with E-state index in [1.54, 1.807) is 0 Å². The van der Waals surface area contributed by atoms with Gasteiger partial charge in [-0.1, -0.05) is 13.3 Å². The number of nitrogen functional groups attached to an aromatic ring is 2. The highest BCUT2D eigenvalue weighted by Crippen LogP contribution is 2.02. The van der Waals surface area contributed by atoms with Crippen LogP contribution in [0.2, 0.25) is 0 Å². The molecule has 1 aromatic rings. The van der Waals surface area contributed by atoms with Crippen molar-refractivity contribution in [1.82, 2.24) is 15.0 Å². The highest BCUT2D eigenvalue weighted by Gasteiger charge is 2.00. The minimum absolute atomic E-state index is 0.0329. The van der Waals surface area contributed by atoms with Crippen LogP contribution in [-0.2, 0) is 9.57 Å². The molecule has 5 N–H and O–H groups in total. The fraction of sp³-hybridized carbons (Fsp3) is 0.625. The zero-order valence-corrected chi connectivity index (χ0v) is 9.14. The van der Waals surface area contributed by atoms with Gasteiger partial charge in [-0.3, -0.25) is 0 Å².